The lowest BCUT2D eigenvalue weighted by molar-refractivity contribution is 0.212. The number of rotatable bonds is 4. The molecule has 0 radical (unpaired) electrons. The Morgan fingerprint density at radius 3 is 2.70 bits per heavy atom. The number of thiophene rings is 1. The van der Waals surface area contributed by atoms with E-state index in [1.807, 2.05) is 11.3 Å². The first kappa shape index (κ1) is 13.8. The van der Waals surface area contributed by atoms with Gasteiger partial charge in [0, 0.05) is 30.6 Å². The van der Waals surface area contributed by atoms with Gasteiger partial charge in [-0.3, -0.25) is 4.90 Å². The molecule has 6 heteroatoms. The average Bonchev–Trinajstić information content (AvgIpc) is 2.96. The van der Waals surface area contributed by atoms with Crippen molar-refractivity contribution in [2.24, 2.45) is 0 Å². The van der Waals surface area contributed by atoms with Gasteiger partial charge in [-0.25, -0.2) is 9.97 Å². The third-order valence-electron chi connectivity index (χ3n) is 3.50. The molecular formula is C14H17ClN4S. The third kappa shape index (κ3) is 3.69. The first-order valence-electron chi connectivity index (χ1n) is 6.78. The van der Waals surface area contributed by atoms with Gasteiger partial charge in [0.05, 0.1) is 17.4 Å². The van der Waals surface area contributed by atoms with Gasteiger partial charge >= 0.3 is 0 Å². The van der Waals surface area contributed by atoms with Crippen LogP contribution in [0, 0.1) is 0 Å². The normalized spacial score (nSPS) is 17.2. The second kappa shape index (κ2) is 6.52. The molecule has 0 unspecified atom stereocenters. The molecule has 0 saturated carbocycles. The lowest BCUT2D eigenvalue weighted by Gasteiger charge is -2.32. The molecule has 1 saturated heterocycles. The number of piperidine rings is 1. The van der Waals surface area contributed by atoms with Crippen LogP contribution in [0.15, 0.2) is 29.9 Å². The predicted molar refractivity (Wildman–Crippen MR) is 83.3 cm³/mol. The van der Waals surface area contributed by atoms with Crippen LogP contribution in [0.2, 0.25) is 5.02 Å². The zero-order valence-corrected chi connectivity index (χ0v) is 12.7. The Kier molecular flexibility index (Phi) is 4.50. The minimum absolute atomic E-state index is 0.454. The molecule has 0 spiro atoms. The quantitative estimate of drug-likeness (QED) is 0.941. The maximum atomic E-state index is 5.78. The van der Waals surface area contributed by atoms with E-state index in [1.54, 1.807) is 12.4 Å². The molecule has 1 aliphatic heterocycles. The number of halogens is 1. The van der Waals surface area contributed by atoms with E-state index >= 15 is 0 Å². The molecule has 20 heavy (non-hydrogen) atoms. The van der Waals surface area contributed by atoms with E-state index in [9.17, 15) is 0 Å². The summed E-state index contributed by atoms with van der Waals surface area (Å²) in [5.74, 6) is 0.672. The van der Waals surface area contributed by atoms with Crippen molar-refractivity contribution in [3.63, 3.8) is 0 Å². The highest BCUT2D eigenvalue weighted by molar-refractivity contribution is 7.09. The van der Waals surface area contributed by atoms with Crippen molar-refractivity contribution in [1.29, 1.82) is 0 Å². The highest BCUT2D eigenvalue weighted by Crippen LogP contribution is 2.18. The van der Waals surface area contributed by atoms with Gasteiger partial charge < -0.3 is 5.32 Å². The average molecular weight is 309 g/mol. The van der Waals surface area contributed by atoms with Crippen molar-refractivity contribution in [1.82, 2.24) is 14.9 Å². The molecule has 0 aliphatic carbocycles. The highest BCUT2D eigenvalue weighted by atomic mass is 35.5. The summed E-state index contributed by atoms with van der Waals surface area (Å²) < 4.78 is 0. The van der Waals surface area contributed by atoms with Crippen LogP contribution in [0.3, 0.4) is 0 Å². The Balaban J connectivity index is 1.47. The summed E-state index contributed by atoms with van der Waals surface area (Å²) in [5, 5.41) is 6.09. The minimum Gasteiger partial charge on any atom is -0.351 e. The van der Waals surface area contributed by atoms with Crippen molar-refractivity contribution in [2.75, 3.05) is 18.4 Å². The van der Waals surface area contributed by atoms with Gasteiger partial charge in [-0.05, 0) is 24.3 Å². The van der Waals surface area contributed by atoms with Gasteiger partial charge in [0.2, 0.25) is 5.95 Å². The third-order valence-corrected chi connectivity index (χ3v) is 4.56. The summed E-state index contributed by atoms with van der Waals surface area (Å²) in [4.78, 5) is 12.3. The molecule has 3 rings (SSSR count). The SMILES string of the molecule is Clc1cnc(NC2CCN(Cc3cccs3)CC2)nc1. The van der Waals surface area contributed by atoms with E-state index in [2.05, 4.69) is 37.7 Å². The Morgan fingerprint density at radius 1 is 1.30 bits per heavy atom. The lowest BCUT2D eigenvalue weighted by atomic mass is 10.1. The smallest absolute Gasteiger partial charge is 0.222 e. The Morgan fingerprint density at radius 2 is 2.05 bits per heavy atom. The van der Waals surface area contributed by atoms with Gasteiger partial charge in [0.25, 0.3) is 0 Å². The summed E-state index contributed by atoms with van der Waals surface area (Å²) >= 11 is 7.61. The van der Waals surface area contributed by atoms with Crippen LogP contribution in [0.5, 0.6) is 0 Å². The zero-order valence-electron chi connectivity index (χ0n) is 11.1. The van der Waals surface area contributed by atoms with E-state index in [1.165, 1.54) is 4.88 Å². The van der Waals surface area contributed by atoms with Crippen molar-refractivity contribution in [2.45, 2.75) is 25.4 Å². The molecule has 1 fully saturated rings. The minimum atomic E-state index is 0.454. The summed E-state index contributed by atoms with van der Waals surface area (Å²) in [6, 6.07) is 4.78. The van der Waals surface area contributed by atoms with Crippen LogP contribution in [-0.2, 0) is 6.54 Å². The fourth-order valence-electron chi connectivity index (χ4n) is 2.43. The predicted octanol–water partition coefficient (Wildman–Crippen LogP) is 3.27. The highest BCUT2D eigenvalue weighted by Gasteiger charge is 2.19. The van der Waals surface area contributed by atoms with Gasteiger partial charge in [0.1, 0.15) is 0 Å². The summed E-state index contributed by atoms with van der Waals surface area (Å²) in [5.41, 5.74) is 0. The standard InChI is InChI=1S/C14H17ClN4S/c15-11-8-16-14(17-9-11)18-12-3-5-19(6-4-12)10-13-2-1-7-20-13/h1-2,7-9,12H,3-6,10H2,(H,16,17,18). The van der Waals surface area contributed by atoms with Crippen molar-refractivity contribution >= 4 is 28.9 Å². The number of likely N-dealkylation sites (tertiary alicyclic amines) is 1. The molecule has 2 aromatic rings. The number of hydrogen-bond donors (Lipinski definition) is 1. The van der Waals surface area contributed by atoms with Gasteiger partial charge in [-0.2, -0.15) is 0 Å². The van der Waals surface area contributed by atoms with E-state index in [0.717, 1.165) is 32.5 Å². The maximum absolute atomic E-state index is 5.78. The maximum Gasteiger partial charge on any atom is 0.222 e. The molecule has 0 aromatic carbocycles. The van der Waals surface area contributed by atoms with E-state index < -0.39 is 0 Å². The fraction of sp³-hybridized carbons (Fsp3) is 0.429. The molecule has 4 nitrogen and oxygen atoms in total. The second-order valence-electron chi connectivity index (χ2n) is 5.00. The van der Waals surface area contributed by atoms with Crippen LogP contribution in [0.1, 0.15) is 17.7 Å². The van der Waals surface area contributed by atoms with Crippen LogP contribution in [-0.4, -0.2) is 34.0 Å². The summed E-state index contributed by atoms with van der Waals surface area (Å²) in [6.07, 6.45) is 5.50. The molecule has 0 atom stereocenters. The lowest BCUT2D eigenvalue weighted by Crippen LogP contribution is -2.38. The summed E-state index contributed by atoms with van der Waals surface area (Å²) in [6.45, 7) is 3.30. The Labute approximate surface area is 127 Å². The monoisotopic (exact) mass is 308 g/mol. The Hall–Kier alpha value is -1.17. The van der Waals surface area contributed by atoms with E-state index in [-0.39, 0.29) is 0 Å². The number of nitrogens with zero attached hydrogens (tertiary/aromatic N) is 3. The largest absolute Gasteiger partial charge is 0.351 e. The van der Waals surface area contributed by atoms with Gasteiger partial charge in [0.15, 0.2) is 0 Å². The zero-order chi connectivity index (χ0) is 13.8. The van der Waals surface area contributed by atoms with Crippen LogP contribution in [0.25, 0.3) is 0 Å². The van der Waals surface area contributed by atoms with Crippen LogP contribution >= 0.6 is 22.9 Å². The molecule has 106 valence electrons. The van der Waals surface area contributed by atoms with Crippen LogP contribution in [0.4, 0.5) is 5.95 Å². The fourth-order valence-corrected chi connectivity index (χ4v) is 3.27. The number of hydrogen-bond acceptors (Lipinski definition) is 5. The number of aromatic nitrogens is 2. The molecule has 2 aromatic heterocycles. The topological polar surface area (TPSA) is 41.1 Å². The van der Waals surface area contributed by atoms with Crippen molar-refractivity contribution in [3.8, 4) is 0 Å². The Bertz CT molecular complexity index is 521. The van der Waals surface area contributed by atoms with Crippen molar-refractivity contribution in [3.05, 3.63) is 39.8 Å². The van der Waals surface area contributed by atoms with E-state index in [4.69, 9.17) is 11.6 Å². The molecule has 3 heterocycles. The summed E-state index contributed by atoms with van der Waals surface area (Å²) in [7, 11) is 0. The number of anilines is 1. The molecular weight excluding hydrogens is 292 g/mol. The molecule has 1 aliphatic rings. The first-order chi connectivity index (χ1) is 9.79. The molecule has 1 N–H and O–H groups in total. The van der Waals surface area contributed by atoms with Gasteiger partial charge in [-0.1, -0.05) is 17.7 Å². The van der Waals surface area contributed by atoms with Crippen LogP contribution < -0.4 is 5.32 Å². The molecule has 0 bridgehead atoms. The van der Waals surface area contributed by atoms with E-state index in [0.29, 0.717) is 17.0 Å². The number of nitrogens with one attached hydrogen (secondary N) is 1. The van der Waals surface area contributed by atoms with Gasteiger partial charge in [-0.15, -0.1) is 11.3 Å². The molecule has 0 amide bonds. The van der Waals surface area contributed by atoms with Crippen molar-refractivity contribution < 1.29 is 0 Å². The second-order valence-corrected chi connectivity index (χ2v) is 6.47. The first-order valence-corrected chi connectivity index (χ1v) is 8.04.